The third-order valence-corrected chi connectivity index (χ3v) is 6.49. The van der Waals surface area contributed by atoms with Crippen molar-refractivity contribution < 1.29 is 13.2 Å². The van der Waals surface area contributed by atoms with Gasteiger partial charge in [-0.15, -0.1) is 0 Å². The Bertz CT molecular complexity index is 642. The van der Waals surface area contributed by atoms with Crippen molar-refractivity contribution in [3.05, 3.63) is 29.8 Å². The Morgan fingerprint density at radius 1 is 0.960 bits per heavy atom. The van der Waals surface area contributed by atoms with Crippen LogP contribution in [-0.2, 0) is 10.0 Å². The SMILES string of the molecule is CCCN(CCC)C(=O)c1ccc(S(=O)(=O)N2CCCCCC2)cc1. The fourth-order valence-corrected chi connectivity index (χ4v) is 4.75. The lowest BCUT2D eigenvalue weighted by Crippen LogP contribution is -2.33. The highest BCUT2D eigenvalue weighted by atomic mass is 32.2. The Kier molecular flexibility index (Phi) is 7.44. The molecular weight excluding hydrogens is 336 g/mol. The van der Waals surface area contributed by atoms with E-state index in [-0.39, 0.29) is 10.8 Å². The van der Waals surface area contributed by atoms with Crippen molar-refractivity contribution in [3.8, 4) is 0 Å². The number of nitrogens with zero attached hydrogens (tertiary/aromatic N) is 2. The van der Waals surface area contributed by atoms with Gasteiger partial charge >= 0.3 is 0 Å². The zero-order valence-corrected chi connectivity index (χ0v) is 16.2. The van der Waals surface area contributed by atoms with Crippen molar-refractivity contribution in [3.63, 3.8) is 0 Å². The van der Waals surface area contributed by atoms with Gasteiger partial charge in [-0.3, -0.25) is 4.79 Å². The number of hydrogen-bond acceptors (Lipinski definition) is 3. The molecule has 0 aliphatic carbocycles. The second-order valence-electron chi connectivity index (χ2n) is 6.63. The maximum absolute atomic E-state index is 12.8. The van der Waals surface area contributed by atoms with Gasteiger partial charge in [0.15, 0.2) is 0 Å². The molecule has 6 heteroatoms. The molecule has 1 aromatic carbocycles. The second-order valence-corrected chi connectivity index (χ2v) is 8.57. The molecule has 1 aromatic rings. The average Bonchev–Trinajstić information content (AvgIpc) is 2.91. The molecule has 0 N–H and O–H groups in total. The number of benzene rings is 1. The summed E-state index contributed by atoms with van der Waals surface area (Å²) in [5.74, 6) is -0.0255. The van der Waals surface area contributed by atoms with Gasteiger partial charge in [-0.05, 0) is 49.9 Å². The summed E-state index contributed by atoms with van der Waals surface area (Å²) in [7, 11) is -3.46. The summed E-state index contributed by atoms with van der Waals surface area (Å²) in [4.78, 5) is 14.7. The molecule has 2 rings (SSSR count). The van der Waals surface area contributed by atoms with E-state index in [0.29, 0.717) is 18.7 Å². The first-order valence-corrected chi connectivity index (χ1v) is 10.8. The number of amides is 1. The Morgan fingerprint density at radius 3 is 1.96 bits per heavy atom. The van der Waals surface area contributed by atoms with Crippen LogP contribution >= 0.6 is 0 Å². The highest BCUT2D eigenvalue weighted by molar-refractivity contribution is 7.89. The number of carbonyl (C=O) groups is 1. The predicted octanol–water partition coefficient (Wildman–Crippen LogP) is 3.51. The molecule has 5 nitrogen and oxygen atoms in total. The first-order valence-electron chi connectivity index (χ1n) is 9.40. The number of sulfonamides is 1. The van der Waals surface area contributed by atoms with Crippen LogP contribution in [0.5, 0.6) is 0 Å². The molecule has 1 amide bonds. The maximum atomic E-state index is 12.8. The summed E-state index contributed by atoms with van der Waals surface area (Å²) in [6, 6.07) is 6.43. The lowest BCUT2D eigenvalue weighted by atomic mass is 10.2. The zero-order valence-electron chi connectivity index (χ0n) is 15.4. The molecule has 25 heavy (non-hydrogen) atoms. The van der Waals surface area contributed by atoms with E-state index in [2.05, 4.69) is 0 Å². The first-order chi connectivity index (χ1) is 12.0. The smallest absolute Gasteiger partial charge is 0.253 e. The van der Waals surface area contributed by atoms with Crippen molar-refractivity contribution >= 4 is 15.9 Å². The van der Waals surface area contributed by atoms with Crippen molar-refractivity contribution in [1.29, 1.82) is 0 Å². The molecular formula is C19H30N2O3S. The van der Waals surface area contributed by atoms with Crippen LogP contribution in [0.2, 0.25) is 0 Å². The monoisotopic (exact) mass is 366 g/mol. The van der Waals surface area contributed by atoms with Crippen LogP contribution in [0.3, 0.4) is 0 Å². The Balaban J connectivity index is 2.16. The summed E-state index contributed by atoms with van der Waals surface area (Å²) in [6.07, 6.45) is 5.83. The van der Waals surface area contributed by atoms with Crippen molar-refractivity contribution in [2.24, 2.45) is 0 Å². The van der Waals surface area contributed by atoms with Crippen LogP contribution in [0, 0.1) is 0 Å². The summed E-state index contributed by atoms with van der Waals surface area (Å²) in [5.41, 5.74) is 0.553. The van der Waals surface area contributed by atoms with Gasteiger partial charge in [-0.1, -0.05) is 26.7 Å². The molecule has 140 valence electrons. The van der Waals surface area contributed by atoms with Crippen LogP contribution in [-0.4, -0.2) is 49.7 Å². The van der Waals surface area contributed by atoms with E-state index in [4.69, 9.17) is 0 Å². The minimum atomic E-state index is -3.46. The normalized spacial score (nSPS) is 16.4. The Morgan fingerprint density at radius 2 is 1.48 bits per heavy atom. The number of rotatable bonds is 7. The van der Waals surface area contributed by atoms with Crippen molar-refractivity contribution in [1.82, 2.24) is 9.21 Å². The standard InChI is InChI=1S/C19H30N2O3S/c1-3-13-20(14-4-2)19(22)17-9-11-18(12-10-17)25(23,24)21-15-7-5-6-8-16-21/h9-12H,3-8,13-16H2,1-2H3. The van der Waals surface area contributed by atoms with Crippen molar-refractivity contribution in [2.45, 2.75) is 57.3 Å². The van der Waals surface area contributed by atoms with E-state index < -0.39 is 10.0 Å². The van der Waals surface area contributed by atoms with Crippen LogP contribution in [0.4, 0.5) is 0 Å². The number of carbonyl (C=O) groups excluding carboxylic acids is 1. The number of hydrogen-bond donors (Lipinski definition) is 0. The van der Waals surface area contributed by atoms with E-state index >= 15 is 0 Å². The summed E-state index contributed by atoms with van der Waals surface area (Å²) < 4.78 is 27.2. The van der Waals surface area contributed by atoms with Gasteiger partial charge < -0.3 is 4.90 Å². The van der Waals surface area contributed by atoms with E-state index in [1.165, 1.54) is 0 Å². The summed E-state index contributed by atoms with van der Waals surface area (Å²) in [5, 5.41) is 0. The quantitative estimate of drug-likeness (QED) is 0.742. The predicted molar refractivity (Wildman–Crippen MR) is 100 cm³/mol. The maximum Gasteiger partial charge on any atom is 0.253 e. The molecule has 0 saturated carbocycles. The van der Waals surface area contributed by atoms with Crippen molar-refractivity contribution in [2.75, 3.05) is 26.2 Å². The van der Waals surface area contributed by atoms with Crippen LogP contribution in [0.15, 0.2) is 29.2 Å². The lowest BCUT2D eigenvalue weighted by molar-refractivity contribution is 0.0755. The Hall–Kier alpha value is -1.40. The van der Waals surface area contributed by atoms with Crippen LogP contribution in [0.25, 0.3) is 0 Å². The first kappa shape index (κ1) is 19.9. The van der Waals surface area contributed by atoms with Gasteiger partial charge in [0.25, 0.3) is 5.91 Å². The lowest BCUT2D eigenvalue weighted by Gasteiger charge is -2.22. The molecule has 0 radical (unpaired) electrons. The fraction of sp³-hybridized carbons (Fsp3) is 0.632. The van der Waals surface area contributed by atoms with Gasteiger partial charge in [0.2, 0.25) is 10.0 Å². The fourth-order valence-electron chi connectivity index (χ4n) is 3.24. The molecule has 0 atom stereocenters. The van der Waals surface area contributed by atoms with Crippen LogP contribution in [0.1, 0.15) is 62.7 Å². The molecule has 1 heterocycles. The molecule has 1 fully saturated rings. The van der Waals surface area contributed by atoms with Gasteiger partial charge in [0.1, 0.15) is 0 Å². The highest BCUT2D eigenvalue weighted by Crippen LogP contribution is 2.21. The second kappa shape index (κ2) is 9.34. The molecule has 0 bridgehead atoms. The molecule has 0 unspecified atom stereocenters. The third-order valence-electron chi connectivity index (χ3n) is 4.58. The zero-order chi connectivity index (χ0) is 18.3. The van der Waals surface area contributed by atoms with E-state index in [1.807, 2.05) is 18.7 Å². The van der Waals surface area contributed by atoms with Gasteiger partial charge in [-0.25, -0.2) is 8.42 Å². The highest BCUT2D eigenvalue weighted by Gasteiger charge is 2.25. The minimum Gasteiger partial charge on any atom is -0.339 e. The molecule has 0 aromatic heterocycles. The van der Waals surface area contributed by atoms with E-state index in [0.717, 1.165) is 51.6 Å². The summed E-state index contributed by atoms with van der Waals surface area (Å²) >= 11 is 0. The summed E-state index contributed by atoms with van der Waals surface area (Å²) in [6.45, 7) is 6.72. The van der Waals surface area contributed by atoms with Gasteiger partial charge in [-0.2, -0.15) is 4.31 Å². The minimum absolute atomic E-state index is 0.0255. The largest absolute Gasteiger partial charge is 0.339 e. The third kappa shape index (κ3) is 5.05. The van der Waals surface area contributed by atoms with E-state index in [9.17, 15) is 13.2 Å². The molecule has 1 aliphatic heterocycles. The van der Waals surface area contributed by atoms with Gasteiger partial charge in [0, 0.05) is 31.7 Å². The topological polar surface area (TPSA) is 57.7 Å². The average molecular weight is 367 g/mol. The van der Waals surface area contributed by atoms with Gasteiger partial charge in [0.05, 0.1) is 4.90 Å². The molecule has 0 spiro atoms. The molecule has 1 aliphatic rings. The van der Waals surface area contributed by atoms with E-state index in [1.54, 1.807) is 28.6 Å². The van der Waals surface area contributed by atoms with Crippen LogP contribution < -0.4 is 0 Å². The molecule has 1 saturated heterocycles. The Labute approximate surface area is 152 Å².